The highest BCUT2D eigenvalue weighted by Crippen LogP contribution is 2.06. The van der Waals surface area contributed by atoms with Crippen LogP contribution in [-0.2, 0) is 16.0 Å². The second-order valence-electron chi connectivity index (χ2n) is 3.74. The van der Waals surface area contributed by atoms with Crippen molar-refractivity contribution in [3.8, 4) is 0 Å². The van der Waals surface area contributed by atoms with E-state index in [0.29, 0.717) is 12.1 Å². The number of hydrogen-bond donors (Lipinski definition) is 3. The van der Waals surface area contributed by atoms with Gasteiger partial charge in [-0.2, -0.15) is 0 Å². The number of hydrogen-bond acceptors (Lipinski definition) is 3. The molecule has 1 aromatic carbocycles. The molecule has 0 aliphatic heterocycles. The smallest absolute Gasteiger partial charge is 0.307 e. The number of carboxylic acids is 1. The van der Waals surface area contributed by atoms with Crippen molar-refractivity contribution in [2.75, 3.05) is 12.8 Å². The quantitative estimate of drug-likeness (QED) is 0.707. The van der Waals surface area contributed by atoms with Crippen molar-refractivity contribution in [2.24, 2.45) is 0 Å². The summed E-state index contributed by atoms with van der Waals surface area (Å²) in [5.41, 5.74) is 6.78. The van der Waals surface area contributed by atoms with E-state index in [2.05, 4.69) is 5.32 Å². The zero-order valence-corrected chi connectivity index (χ0v) is 10.8. The maximum Gasteiger partial charge on any atom is 0.307 e. The van der Waals surface area contributed by atoms with E-state index in [-0.39, 0.29) is 12.3 Å². The van der Waals surface area contributed by atoms with Crippen LogP contribution in [0.4, 0.5) is 5.69 Å². The number of nitrogens with two attached hydrogens (primary N) is 1. The summed E-state index contributed by atoms with van der Waals surface area (Å²) in [6.45, 7) is 1.98. The normalized spacial score (nSPS) is 9.00. The molecule has 0 atom stereocenters. The Labute approximate surface area is 107 Å². The van der Waals surface area contributed by atoms with Crippen molar-refractivity contribution in [3.63, 3.8) is 0 Å². The molecule has 0 radical (unpaired) electrons. The van der Waals surface area contributed by atoms with Crippen LogP contribution in [0, 0.1) is 0 Å². The maximum atomic E-state index is 10.3. The number of anilines is 1. The summed E-state index contributed by atoms with van der Waals surface area (Å²) in [5.74, 6) is -0.710. The number of nitrogens with one attached hydrogen (secondary N) is 1. The van der Waals surface area contributed by atoms with E-state index in [9.17, 15) is 9.59 Å². The summed E-state index contributed by atoms with van der Waals surface area (Å²) in [6.07, 6.45) is 1.61. The summed E-state index contributed by atoms with van der Waals surface area (Å²) in [6, 6.07) is 6.87. The molecule has 0 saturated heterocycles. The van der Waals surface area contributed by atoms with Gasteiger partial charge in [-0.15, -0.1) is 0 Å². The van der Waals surface area contributed by atoms with Gasteiger partial charge in [0.05, 0.1) is 6.42 Å². The third kappa shape index (κ3) is 8.15. The molecule has 0 aromatic heterocycles. The Morgan fingerprint density at radius 3 is 2.44 bits per heavy atom. The third-order valence-electron chi connectivity index (χ3n) is 2.06. The van der Waals surface area contributed by atoms with E-state index < -0.39 is 5.97 Å². The standard InChI is InChI=1S/C8H9NO2.C5H11NO/c9-7-3-1-2-6(4-7)5-8(10)11;1-3-4-5(7)6-2/h1-4H,5,9H2,(H,10,11);3-4H2,1-2H3,(H,6,7). The second kappa shape index (κ2) is 9.04. The maximum absolute atomic E-state index is 10.3. The van der Waals surface area contributed by atoms with Gasteiger partial charge in [0.1, 0.15) is 0 Å². The van der Waals surface area contributed by atoms with Crippen LogP contribution in [0.2, 0.25) is 0 Å². The van der Waals surface area contributed by atoms with Gasteiger partial charge in [0.15, 0.2) is 0 Å². The van der Waals surface area contributed by atoms with Crippen molar-refractivity contribution in [2.45, 2.75) is 26.2 Å². The van der Waals surface area contributed by atoms with Crippen LogP contribution >= 0.6 is 0 Å². The molecule has 0 heterocycles. The van der Waals surface area contributed by atoms with Crippen molar-refractivity contribution < 1.29 is 14.7 Å². The first-order valence-corrected chi connectivity index (χ1v) is 5.76. The lowest BCUT2D eigenvalue weighted by Crippen LogP contribution is -2.16. The molecule has 0 spiro atoms. The SMILES string of the molecule is CCCC(=O)NC.Nc1cccc(CC(=O)O)c1. The van der Waals surface area contributed by atoms with Crippen LogP contribution in [-0.4, -0.2) is 24.0 Å². The largest absolute Gasteiger partial charge is 0.481 e. The zero-order chi connectivity index (χ0) is 14.0. The fourth-order valence-corrected chi connectivity index (χ4v) is 1.23. The molecule has 5 nitrogen and oxygen atoms in total. The fourth-order valence-electron chi connectivity index (χ4n) is 1.23. The molecule has 5 heteroatoms. The third-order valence-corrected chi connectivity index (χ3v) is 2.06. The van der Waals surface area contributed by atoms with Crippen LogP contribution in [0.5, 0.6) is 0 Å². The van der Waals surface area contributed by atoms with Gasteiger partial charge in [0, 0.05) is 19.2 Å². The first-order valence-electron chi connectivity index (χ1n) is 5.76. The van der Waals surface area contributed by atoms with Gasteiger partial charge < -0.3 is 16.2 Å². The number of benzene rings is 1. The van der Waals surface area contributed by atoms with E-state index in [1.54, 1.807) is 31.3 Å². The summed E-state index contributed by atoms with van der Waals surface area (Å²) in [7, 11) is 1.65. The molecule has 0 aliphatic carbocycles. The van der Waals surface area contributed by atoms with Gasteiger partial charge in [0.25, 0.3) is 0 Å². The molecular weight excluding hydrogens is 232 g/mol. The Morgan fingerprint density at radius 1 is 1.39 bits per heavy atom. The molecule has 18 heavy (non-hydrogen) atoms. The van der Waals surface area contributed by atoms with Gasteiger partial charge in [-0.25, -0.2) is 0 Å². The van der Waals surface area contributed by atoms with Crippen molar-refractivity contribution in [3.05, 3.63) is 29.8 Å². The average Bonchev–Trinajstić information content (AvgIpc) is 2.29. The van der Waals surface area contributed by atoms with Crippen LogP contribution in [0.15, 0.2) is 24.3 Å². The fraction of sp³-hybridized carbons (Fsp3) is 0.385. The molecule has 1 amide bonds. The van der Waals surface area contributed by atoms with E-state index in [1.165, 1.54) is 0 Å². The van der Waals surface area contributed by atoms with Crippen LogP contribution in [0.25, 0.3) is 0 Å². The van der Waals surface area contributed by atoms with E-state index in [0.717, 1.165) is 12.0 Å². The number of carbonyl (C=O) groups is 2. The zero-order valence-electron chi connectivity index (χ0n) is 10.8. The molecule has 100 valence electrons. The highest BCUT2D eigenvalue weighted by Gasteiger charge is 1.98. The highest BCUT2D eigenvalue weighted by atomic mass is 16.4. The Morgan fingerprint density at radius 2 is 2.06 bits per heavy atom. The number of carbonyl (C=O) groups excluding carboxylic acids is 1. The predicted molar refractivity (Wildman–Crippen MR) is 71.2 cm³/mol. The lowest BCUT2D eigenvalue weighted by Gasteiger charge is -1.96. The van der Waals surface area contributed by atoms with Crippen LogP contribution in [0.1, 0.15) is 25.3 Å². The summed E-state index contributed by atoms with van der Waals surface area (Å²) in [4.78, 5) is 20.5. The Kier molecular flexibility index (Phi) is 8.01. The highest BCUT2D eigenvalue weighted by molar-refractivity contribution is 5.75. The second-order valence-corrected chi connectivity index (χ2v) is 3.74. The Bertz CT molecular complexity index is 392. The summed E-state index contributed by atoms with van der Waals surface area (Å²) >= 11 is 0. The van der Waals surface area contributed by atoms with Gasteiger partial charge in [0.2, 0.25) is 5.91 Å². The molecular formula is C13H20N2O3. The molecule has 1 aromatic rings. The number of amides is 1. The topological polar surface area (TPSA) is 92.4 Å². The molecule has 0 fully saturated rings. The van der Waals surface area contributed by atoms with Gasteiger partial charge in [-0.3, -0.25) is 9.59 Å². The molecule has 4 N–H and O–H groups in total. The molecule has 0 aliphatic rings. The molecule has 0 unspecified atom stereocenters. The van der Waals surface area contributed by atoms with Gasteiger partial charge in [-0.05, 0) is 24.1 Å². The average molecular weight is 252 g/mol. The van der Waals surface area contributed by atoms with Crippen molar-refractivity contribution >= 4 is 17.6 Å². The minimum atomic E-state index is -0.837. The lowest BCUT2D eigenvalue weighted by atomic mass is 10.1. The number of nitrogen functional groups attached to an aromatic ring is 1. The van der Waals surface area contributed by atoms with Gasteiger partial charge in [-0.1, -0.05) is 19.1 Å². The van der Waals surface area contributed by atoms with Crippen LogP contribution < -0.4 is 11.1 Å². The van der Waals surface area contributed by atoms with E-state index >= 15 is 0 Å². The predicted octanol–water partition coefficient (Wildman–Crippen LogP) is 1.43. The first-order chi connectivity index (χ1) is 8.49. The summed E-state index contributed by atoms with van der Waals surface area (Å²) in [5, 5.41) is 10.9. The molecule has 0 bridgehead atoms. The monoisotopic (exact) mass is 252 g/mol. The Balaban J connectivity index is 0.000000360. The Hall–Kier alpha value is -2.04. The minimum Gasteiger partial charge on any atom is -0.481 e. The summed E-state index contributed by atoms with van der Waals surface area (Å²) < 4.78 is 0. The molecule has 1 rings (SSSR count). The lowest BCUT2D eigenvalue weighted by molar-refractivity contribution is -0.136. The van der Waals surface area contributed by atoms with Crippen LogP contribution in [0.3, 0.4) is 0 Å². The number of carboxylic acid groups (broad SMARTS) is 1. The van der Waals surface area contributed by atoms with Crippen molar-refractivity contribution in [1.82, 2.24) is 5.32 Å². The number of rotatable bonds is 4. The molecule has 0 saturated carbocycles. The number of aliphatic carboxylic acids is 1. The van der Waals surface area contributed by atoms with Gasteiger partial charge >= 0.3 is 5.97 Å². The van der Waals surface area contributed by atoms with Crippen molar-refractivity contribution in [1.29, 1.82) is 0 Å². The van der Waals surface area contributed by atoms with E-state index in [4.69, 9.17) is 10.8 Å². The van der Waals surface area contributed by atoms with E-state index in [1.807, 2.05) is 6.92 Å². The first kappa shape index (κ1) is 16.0. The minimum absolute atomic E-state index is 0.0328.